The molecule has 0 unspecified atom stereocenters. The molecule has 2 aromatic heterocycles. The summed E-state index contributed by atoms with van der Waals surface area (Å²) in [6, 6.07) is 4.25. The first-order chi connectivity index (χ1) is 9.15. The quantitative estimate of drug-likeness (QED) is 0.673. The van der Waals surface area contributed by atoms with E-state index < -0.39 is 0 Å². The van der Waals surface area contributed by atoms with Crippen LogP contribution in [0.25, 0.3) is 11.2 Å². The molecule has 2 heterocycles. The van der Waals surface area contributed by atoms with Crippen molar-refractivity contribution in [2.45, 2.75) is 6.54 Å². The molecule has 6 nitrogen and oxygen atoms in total. The second-order valence-corrected chi connectivity index (χ2v) is 4.15. The maximum Gasteiger partial charge on any atom is 0.165 e. The minimum atomic E-state index is -0.331. The van der Waals surface area contributed by atoms with Gasteiger partial charge in [0.15, 0.2) is 11.5 Å². The van der Waals surface area contributed by atoms with Gasteiger partial charge in [0.2, 0.25) is 0 Å². The van der Waals surface area contributed by atoms with Gasteiger partial charge >= 0.3 is 0 Å². The lowest BCUT2D eigenvalue weighted by molar-refractivity contribution is 0.624. The third-order valence-electron chi connectivity index (χ3n) is 2.88. The topological polar surface area (TPSA) is 95.6 Å². The SMILES string of the molecule is Nc1ccc(F)cc1Cn1cnc2c(N)ncnc21. The first-order valence-corrected chi connectivity index (χ1v) is 5.60. The molecule has 3 aromatic rings. The molecule has 0 radical (unpaired) electrons. The average molecular weight is 258 g/mol. The highest BCUT2D eigenvalue weighted by molar-refractivity contribution is 5.81. The molecule has 0 fully saturated rings. The van der Waals surface area contributed by atoms with Crippen LogP contribution in [0.2, 0.25) is 0 Å². The van der Waals surface area contributed by atoms with E-state index in [2.05, 4.69) is 15.0 Å². The summed E-state index contributed by atoms with van der Waals surface area (Å²) in [6.45, 7) is 0.372. The number of aromatic nitrogens is 4. The van der Waals surface area contributed by atoms with Crippen molar-refractivity contribution >= 4 is 22.7 Å². The van der Waals surface area contributed by atoms with Crippen molar-refractivity contribution in [3.05, 3.63) is 42.2 Å². The summed E-state index contributed by atoms with van der Waals surface area (Å²) in [7, 11) is 0. The van der Waals surface area contributed by atoms with Crippen molar-refractivity contribution in [1.82, 2.24) is 19.5 Å². The number of halogens is 1. The molecular weight excluding hydrogens is 247 g/mol. The average Bonchev–Trinajstić information content (AvgIpc) is 2.79. The molecule has 96 valence electrons. The summed E-state index contributed by atoms with van der Waals surface area (Å²) < 4.78 is 15.0. The van der Waals surface area contributed by atoms with Crippen molar-refractivity contribution in [2.24, 2.45) is 0 Å². The Bertz CT molecular complexity index is 751. The van der Waals surface area contributed by atoms with Gasteiger partial charge in [-0.2, -0.15) is 0 Å². The molecule has 0 aliphatic heterocycles. The first-order valence-electron chi connectivity index (χ1n) is 5.60. The van der Waals surface area contributed by atoms with Gasteiger partial charge in [-0.1, -0.05) is 0 Å². The molecule has 4 N–H and O–H groups in total. The zero-order chi connectivity index (χ0) is 13.4. The van der Waals surface area contributed by atoms with Crippen LogP contribution in [-0.2, 0) is 6.54 Å². The molecular formula is C12H11FN6. The van der Waals surface area contributed by atoms with E-state index in [0.29, 0.717) is 34.8 Å². The van der Waals surface area contributed by atoms with Crippen LogP contribution in [-0.4, -0.2) is 19.5 Å². The van der Waals surface area contributed by atoms with Crippen molar-refractivity contribution < 1.29 is 4.39 Å². The van der Waals surface area contributed by atoms with Crippen LogP contribution in [0.4, 0.5) is 15.9 Å². The molecule has 0 spiro atoms. The standard InChI is InChI=1S/C12H11FN6/c13-8-1-2-9(14)7(3-8)4-19-6-18-10-11(15)16-5-17-12(10)19/h1-3,5-6H,4,14H2,(H2,15,16,17). The van der Waals surface area contributed by atoms with Crippen molar-refractivity contribution in [2.75, 3.05) is 11.5 Å². The van der Waals surface area contributed by atoms with Crippen LogP contribution in [0, 0.1) is 5.82 Å². The Morgan fingerprint density at radius 1 is 1.16 bits per heavy atom. The Kier molecular flexibility index (Phi) is 2.52. The maximum atomic E-state index is 13.2. The van der Waals surface area contributed by atoms with Gasteiger partial charge in [-0.3, -0.25) is 0 Å². The van der Waals surface area contributed by atoms with Gasteiger partial charge in [-0.25, -0.2) is 19.3 Å². The maximum absolute atomic E-state index is 13.2. The fourth-order valence-corrected chi connectivity index (χ4v) is 1.91. The summed E-state index contributed by atoms with van der Waals surface area (Å²) in [5.41, 5.74) is 13.8. The van der Waals surface area contributed by atoms with Crippen molar-refractivity contribution in [3.8, 4) is 0 Å². The number of hydrogen-bond acceptors (Lipinski definition) is 5. The lowest BCUT2D eigenvalue weighted by atomic mass is 10.2. The first kappa shape index (κ1) is 11.4. The van der Waals surface area contributed by atoms with E-state index in [1.54, 1.807) is 10.9 Å². The molecule has 0 bridgehead atoms. The number of anilines is 2. The largest absolute Gasteiger partial charge is 0.398 e. The molecule has 0 saturated heterocycles. The van der Waals surface area contributed by atoms with Crippen molar-refractivity contribution in [1.29, 1.82) is 0 Å². The Labute approximate surface area is 107 Å². The number of nitrogens with zero attached hydrogens (tertiary/aromatic N) is 4. The molecule has 0 amide bonds. The summed E-state index contributed by atoms with van der Waals surface area (Å²) in [5.74, 6) is -0.0151. The van der Waals surface area contributed by atoms with E-state index in [0.717, 1.165) is 0 Å². The third kappa shape index (κ3) is 1.95. The number of rotatable bonds is 2. The molecule has 3 rings (SSSR count). The van der Waals surface area contributed by atoms with E-state index in [9.17, 15) is 4.39 Å². The number of fused-ring (bicyclic) bond motifs is 1. The Morgan fingerprint density at radius 2 is 2.00 bits per heavy atom. The van der Waals surface area contributed by atoms with Crippen LogP contribution in [0.1, 0.15) is 5.56 Å². The number of benzene rings is 1. The molecule has 1 aromatic carbocycles. The second-order valence-electron chi connectivity index (χ2n) is 4.15. The van der Waals surface area contributed by atoms with Crippen molar-refractivity contribution in [3.63, 3.8) is 0 Å². The number of hydrogen-bond donors (Lipinski definition) is 2. The molecule has 0 saturated carbocycles. The molecule has 7 heteroatoms. The predicted octanol–water partition coefficient (Wildman–Crippen LogP) is 1.18. The number of nitrogen functional groups attached to an aromatic ring is 2. The Morgan fingerprint density at radius 3 is 2.84 bits per heavy atom. The zero-order valence-corrected chi connectivity index (χ0v) is 9.92. The minimum absolute atomic E-state index is 0.316. The van der Waals surface area contributed by atoms with Crippen LogP contribution >= 0.6 is 0 Å². The van der Waals surface area contributed by atoms with Crippen LogP contribution in [0.5, 0.6) is 0 Å². The monoisotopic (exact) mass is 258 g/mol. The van der Waals surface area contributed by atoms with E-state index in [-0.39, 0.29) is 5.82 Å². The fourth-order valence-electron chi connectivity index (χ4n) is 1.91. The predicted molar refractivity (Wildman–Crippen MR) is 69.6 cm³/mol. The normalized spacial score (nSPS) is 11.0. The van der Waals surface area contributed by atoms with Gasteiger partial charge in [0.25, 0.3) is 0 Å². The molecule has 19 heavy (non-hydrogen) atoms. The summed E-state index contributed by atoms with van der Waals surface area (Å²) >= 11 is 0. The lowest BCUT2D eigenvalue weighted by Gasteiger charge is -2.07. The van der Waals surface area contributed by atoms with Gasteiger partial charge in [-0.15, -0.1) is 0 Å². The van der Waals surface area contributed by atoms with E-state index >= 15 is 0 Å². The Balaban J connectivity index is 2.06. The molecule has 0 aliphatic carbocycles. The highest BCUT2D eigenvalue weighted by atomic mass is 19.1. The van der Waals surface area contributed by atoms with E-state index in [4.69, 9.17) is 11.5 Å². The Hall–Kier alpha value is -2.70. The van der Waals surface area contributed by atoms with Gasteiger partial charge in [0, 0.05) is 5.69 Å². The highest BCUT2D eigenvalue weighted by Gasteiger charge is 2.09. The minimum Gasteiger partial charge on any atom is -0.398 e. The summed E-state index contributed by atoms with van der Waals surface area (Å²) in [5, 5.41) is 0. The summed E-state index contributed by atoms with van der Waals surface area (Å²) in [4.78, 5) is 12.1. The van der Waals surface area contributed by atoms with Crippen LogP contribution < -0.4 is 11.5 Å². The van der Waals surface area contributed by atoms with E-state index in [1.165, 1.54) is 24.5 Å². The highest BCUT2D eigenvalue weighted by Crippen LogP contribution is 2.19. The fraction of sp³-hybridized carbons (Fsp3) is 0.0833. The van der Waals surface area contributed by atoms with E-state index in [1.807, 2.05) is 0 Å². The molecule has 0 aliphatic rings. The number of imidazole rings is 1. The molecule has 0 atom stereocenters. The number of nitrogens with two attached hydrogens (primary N) is 2. The third-order valence-corrected chi connectivity index (χ3v) is 2.88. The van der Waals surface area contributed by atoms with Crippen LogP contribution in [0.3, 0.4) is 0 Å². The van der Waals surface area contributed by atoms with Gasteiger partial charge in [-0.05, 0) is 23.8 Å². The summed E-state index contributed by atoms with van der Waals surface area (Å²) in [6.07, 6.45) is 2.95. The van der Waals surface area contributed by atoms with Gasteiger partial charge in [0.1, 0.15) is 17.7 Å². The zero-order valence-electron chi connectivity index (χ0n) is 9.92. The van der Waals surface area contributed by atoms with Gasteiger partial charge in [0.05, 0.1) is 12.9 Å². The smallest absolute Gasteiger partial charge is 0.165 e. The van der Waals surface area contributed by atoms with Gasteiger partial charge < -0.3 is 16.0 Å². The van der Waals surface area contributed by atoms with Crippen LogP contribution in [0.15, 0.2) is 30.9 Å². The lowest BCUT2D eigenvalue weighted by Crippen LogP contribution is -2.04. The second kappa shape index (κ2) is 4.20.